The zero-order valence-electron chi connectivity index (χ0n) is 10.1. The van der Waals surface area contributed by atoms with Gasteiger partial charge in [-0.05, 0) is 12.5 Å². The maximum atomic E-state index is 11.7. The Kier molecular flexibility index (Phi) is 3.57. The molecule has 0 aliphatic rings. The lowest BCUT2D eigenvalue weighted by Gasteiger charge is -2.14. The number of anilines is 1. The lowest BCUT2D eigenvalue weighted by atomic mass is 10.1. The molecular formula is C12H13N3O3. The molecule has 0 bridgehead atoms. The SMILES string of the molecule is COC(=O)C(Nc1nc(C)no1)c1ccccc1. The van der Waals surface area contributed by atoms with Gasteiger partial charge in [-0.3, -0.25) is 0 Å². The van der Waals surface area contributed by atoms with Gasteiger partial charge >= 0.3 is 12.0 Å². The van der Waals surface area contributed by atoms with Gasteiger partial charge < -0.3 is 14.6 Å². The fraction of sp³-hybridized carbons (Fsp3) is 0.250. The molecule has 0 fully saturated rings. The highest BCUT2D eigenvalue weighted by atomic mass is 16.5. The highest BCUT2D eigenvalue weighted by Gasteiger charge is 2.23. The van der Waals surface area contributed by atoms with Gasteiger partial charge in [-0.2, -0.15) is 4.98 Å². The fourth-order valence-corrected chi connectivity index (χ4v) is 1.52. The number of carbonyl (C=O) groups is 1. The van der Waals surface area contributed by atoms with E-state index in [9.17, 15) is 4.79 Å². The van der Waals surface area contributed by atoms with E-state index in [0.29, 0.717) is 5.82 Å². The molecule has 0 radical (unpaired) electrons. The molecular weight excluding hydrogens is 234 g/mol. The molecule has 2 aromatic rings. The van der Waals surface area contributed by atoms with Crippen LogP contribution in [-0.4, -0.2) is 23.2 Å². The second-order valence-corrected chi connectivity index (χ2v) is 3.66. The molecule has 1 aromatic heterocycles. The van der Waals surface area contributed by atoms with Gasteiger partial charge in [0.25, 0.3) is 0 Å². The van der Waals surface area contributed by atoms with Crippen molar-refractivity contribution in [1.29, 1.82) is 0 Å². The van der Waals surface area contributed by atoms with E-state index in [0.717, 1.165) is 5.56 Å². The second kappa shape index (κ2) is 5.31. The summed E-state index contributed by atoms with van der Waals surface area (Å²) in [7, 11) is 1.33. The molecule has 0 saturated heterocycles. The van der Waals surface area contributed by atoms with E-state index in [1.807, 2.05) is 30.3 Å². The number of aryl methyl sites for hydroxylation is 1. The van der Waals surface area contributed by atoms with E-state index in [1.165, 1.54) is 7.11 Å². The summed E-state index contributed by atoms with van der Waals surface area (Å²) in [4.78, 5) is 15.7. The normalized spacial score (nSPS) is 11.9. The predicted octanol–water partition coefficient (Wildman–Crippen LogP) is 1.70. The van der Waals surface area contributed by atoms with Crippen LogP contribution in [0.4, 0.5) is 6.01 Å². The Morgan fingerprint density at radius 3 is 2.67 bits per heavy atom. The van der Waals surface area contributed by atoms with E-state index in [-0.39, 0.29) is 6.01 Å². The number of nitrogens with zero attached hydrogens (tertiary/aromatic N) is 2. The first kappa shape index (κ1) is 12.1. The largest absolute Gasteiger partial charge is 0.467 e. The molecule has 6 heteroatoms. The topological polar surface area (TPSA) is 77.2 Å². The van der Waals surface area contributed by atoms with Crippen molar-refractivity contribution in [2.45, 2.75) is 13.0 Å². The number of ether oxygens (including phenoxy) is 1. The maximum Gasteiger partial charge on any atom is 0.333 e. The van der Waals surface area contributed by atoms with Gasteiger partial charge in [0.2, 0.25) is 0 Å². The summed E-state index contributed by atoms with van der Waals surface area (Å²) in [5, 5.41) is 6.50. The average molecular weight is 247 g/mol. The van der Waals surface area contributed by atoms with Gasteiger partial charge in [0.05, 0.1) is 7.11 Å². The summed E-state index contributed by atoms with van der Waals surface area (Å²) in [6, 6.07) is 8.70. The molecule has 1 heterocycles. The van der Waals surface area contributed by atoms with Gasteiger partial charge in [0.1, 0.15) is 0 Å². The van der Waals surface area contributed by atoms with E-state index < -0.39 is 12.0 Å². The fourth-order valence-electron chi connectivity index (χ4n) is 1.52. The van der Waals surface area contributed by atoms with Crippen molar-refractivity contribution in [1.82, 2.24) is 10.1 Å². The number of benzene rings is 1. The molecule has 0 aliphatic heterocycles. The third kappa shape index (κ3) is 2.65. The predicted molar refractivity (Wildman–Crippen MR) is 63.9 cm³/mol. The molecule has 1 atom stereocenters. The van der Waals surface area contributed by atoms with Crippen LogP contribution in [0, 0.1) is 6.92 Å². The summed E-state index contributed by atoms with van der Waals surface area (Å²) in [5.41, 5.74) is 0.764. The van der Waals surface area contributed by atoms with Crippen LogP contribution in [-0.2, 0) is 9.53 Å². The quantitative estimate of drug-likeness (QED) is 0.829. The first-order valence-electron chi connectivity index (χ1n) is 5.40. The summed E-state index contributed by atoms with van der Waals surface area (Å²) in [6.07, 6.45) is 0. The zero-order valence-corrected chi connectivity index (χ0v) is 10.1. The number of carbonyl (C=O) groups excluding carboxylic acids is 1. The molecule has 6 nitrogen and oxygen atoms in total. The van der Waals surface area contributed by atoms with Crippen LogP contribution in [0.15, 0.2) is 34.9 Å². The molecule has 18 heavy (non-hydrogen) atoms. The molecule has 1 aromatic carbocycles. The van der Waals surface area contributed by atoms with Crippen molar-refractivity contribution in [3.8, 4) is 0 Å². The standard InChI is InChI=1S/C12H13N3O3/c1-8-13-12(18-15-8)14-10(11(16)17-2)9-6-4-3-5-7-9/h3-7,10H,1-2H3,(H,13,14,15). The summed E-state index contributed by atoms with van der Waals surface area (Å²) in [5.74, 6) is 0.0752. The Morgan fingerprint density at radius 1 is 1.39 bits per heavy atom. The van der Waals surface area contributed by atoms with E-state index in [2.05, 4.69) is 15.5 Å². The van der Waals surface area contributed by atoms with Gasteiger partial charge in [-0.25, -0.2) is 4.79 Å². The summed E-state index contributed by atoms with van der Waals surface area (Å²) < 4.78 is 9.69. The number of methoxy groups -OCH3 is 1. The number of nitrogens with one attached hydrogen (secondary N) is 1. The highest BCUT2D eigenvalue weighted by Crippen LogP contribution is 2.19. The van der Waals surface area contributed by atoms with Crippen molar-refractivity contribution in [2.75, 3.05) is 12.4 Å². The monoisotopic (exact) mass is 247 g/mol. The number of hydrogen-bond acceptors (Lipinski definition) is 6. The molecule has 0 aliphatic carbocycles. The van der Waals surface area contributed by atoms with Crippen molar-refractivity contribution >= 4 is 12.0 Å². The van der Waals surface area contributed by atoms with Crippen molar-refractivity contribution < 1.29 is 14.1 Å². The van der Waals surface area contributed by atoms with E-state index >= 15 is 0 Å². The number of hydrogen-bond donors (Lipinski definition) is 1. The number of aromatic nitrogens is 2. The molecule has 0 spiro atoms. The molecule has 2 rings (SSSR count). The first-order valence-corrected chi connectivity index (χ1v) is 5.40. The summed E-state index contributed by atoms with van der Waals surface area (Å²) >= 11 is 0. The Bertz CT molecular complexity index is 524. The number of esters is 1. The molecule has 0 saturated carbocycles. The molecule has 94 valence electrons. The zero-order chi connectivity index (χ0) is 13.0. The van der Waals surface area contributed by atoms with E-state index in [1.54, 1.807) is 6.92 Å². The lowest BCUT2D eigenvalue weighted by Crippen LogP contribution is -2.22. The van der Waals surface area contributed by atoms with Crippen LogP contribution in [0.5, 0.6) is 0 Å². The maximum absolute atomic E-state index is 11.7. The highest BCUT2D eigenvalue weighted by molar-refractivity contribution is 5.80. The van der Waals surface area contributed by atoms with Crippen LogP contribution in [0.2, 0.25) is 0 Å². The van der Waals surface area contributed by atoms with Crippen LogP contribution < -0.4 is 5.32 Å². The van der Waals surface area contributed by atoms with Gasteiger partial charge in [-0.15, -0.1) is 0 Å². The third-order valence-electron chi connectivity index (χ3n) is 2.37. The van der Waals surface area contributed by atoms with Crippen molar-refractivity contribution in [3.05, 3.63) is 41.7 Å². The van der Waals surface area contributed by atoms with Crippen LogP contribution >= 0.6 is 0 Å². The Hall–Kier alpha value is -2.37. The van der Waals surface area contributed by atoms with Gasteiger partial charge in [0.15, 0.2) is 11.9 Å². The average Bonchev–Trinajstić information content (AvgIpc) is 2.82. The van der Waals surface area contributed by atoms with Gasteiger partial charge in [0, 0.05) is 0 Å². The second-order valence-electron chi connectivity index (χ2n) is 3.66. The van der Waals surface area contributed by atoms with E-state index in [4.69, 9.17) is 9.26 Å². The summed E-state index contributed by atoms with van der Waals surface area (Å²) in [6.45, 7) is 1.70. The van der Waals surface area contributed by atoms with Gasteiger partial charge in [-0.1, -0.05) is 35.5 Å². The lowest BCUT2D eigenvalue weighted by molar-refractivity contribution is -0.141. The molecule has 1 N–H and O–H groups in total. The van der Waals surface area contributed by atoms with Crippen molar-refractivity contribution in [2.24, 2.45) is 0 Å². The van der Waals surface area contributed by atoms with Crippen LogP contribution in [0.3, 0.4) is 0 Å². The minimum atomic E-state index is -0.670. The number of rotatable bonds is 4. The van der Waals surface area contributed by atoms with Crippen LogP contribution in [0.1, 0.15) is 17.4 Å². The molecule has 1 unspecified atom stereocenters. The minimum Gasteiger partial charge on any atom is -0.467 e. The van der Waals surface area contributed by atoms with Crippen LogP contribution in [0.25, 0.3) is 0 Å². The molecule has 0 amide bonds. The first-order chi connectivity index (χ1) is 8.70. The Balaban J connectivity index is 2.24. The Morgan fingerprint density at radius 2 is 2.11 bits per heavy atom. The third-order valence-corrected chi connectivity index (χ3v) is 2.37. The van der Waals surface area contributed by atoms with Crippen molar-refractivity contribution in [3.63, 3.8) is 0 Å². The Labute approximate surface area is 104 Å². The smallest absolute Gasteiger partial charge is 0.333 e. The minimum absolute atomic E-state index is 0.187.